The van der Waals surface area contributed by atoms with Gasteiger partial charge in [-0.1, -0.05) is 0 Å². The van der Waals surface area contributed by atoms with Gasteiger partial charge in [-0.3, -0.25) is 4.55 Å². The summed E-state index contributed by atoms with van der Waals surface area (Å²) >= 11 is 0. The van der Waals surface area contributed by atoms with Crippen molar-refractivity contribution >= 4 is 16.4 Å². The van der Waals surface area contributed by atoms with Gasteiger partial charge in [-0.25, -0.2) is 9.93 Å². The van der Waals surface area contributed by atoms with Gasteiger partial charge in [0.2, 0.25) is 0 Å². The second kappa shape index (κ2) is 4.06. The summed E-state index contributed by atoms with van der Waals surface area (Å²) in [5.41, 5.74) is 4.03. The molecule has 56 valence electrons. The minimum absolute atomic E-state index is 1.33. The molecule has 0 heterocycles. The minimum Gasteiger partial charge on any atom is -0.465 e. The third-order valence-electron chi connectivity index (χ3n) is 0. The summed E-state index contributed by atoms with van der Waals surface area (Å²) in [6.07, 6.45) is -1.33. The molecule has 0 unspecified atom stereocenters. The Morgan fingerprint density at radius 3 is 1.44 bits per heavy atom. The highest BCUT2D eigenvalue weighted by Crippen LogP contribution is 1.50. The highest BCUT2D eigenvalue weighted by Gasteiger charge is 1.81. The number of hydrogen-bond donors (Lipinski definition) is 4. The van der Waals surface area contributed by atoms with Crippen molar-refractivity contribution in [2.75, 3.05) is 0 Å². The van der Waals surface area contributed by atoms with Crippen LogP contribution < -0.4 is 10.9 Å². The van der Waals surface area contributed by atoms with E-state index in [2.05, 4.69) is 10.9 Å². The Hall–Kier alpha value is -0.860. The minimum atomic E-state index is -4.17. The van der Waals surface area contributed by atoms with Crippen LogP contribution in [0.5, 0.6) is 0 Å². The van der Waals surface area contributed by atoms with E-state index < -0.39 is 16.4 Å². The Morgan fingerprint density at radius 2 is 1.44 bits per heavy atom. The molecule has 0 radical (unpaired) electrons. The molecule has 0 spiro atoms. The SMILES string of the molecule is NC(=O)O.NS(=O)(=O)O. The first-order valence-corrected chi connectivity index (χ1v) is 2.97. The number of nitrogens with two attached hydrogens (primary N) is 2. The number of amides is 1. The molecule has 0 bridgehead atoms. The van der Waals surface area contributed by atoms with E-state index >= 15 is 0 Å². The summed E-state index contributed by atoms with van der Waals surface area (Å²) in [5.74, 6) is 0. The summed E-state index contributed by atoms with van der Waals surface area (Å²) < 4.78 is 25.2. The zero-order valence-corrected chi connectivity index (χ0v) is 5.00. The summed E-state index contributed by atoms with van der Waals surface area (Å²) in [6, 6.07) is 0. The molecular formula is CH6N2O5S. The Bertz CT molecular complexity index is 157. The smallest absolute Gasteiger partial charge is 0.402 e. The molecule has 0 aliphatic heterocycles. The average molecular weight is 158 g/mol. The molecule has 7 nitrogen and oxygen atoms in total. The van der Waals surface area contributed by atoms with E-state index in [9.17, 15) is 0 Å². The van der Waals surface area contributed by atoms with E-state index in [0.29, 0.717) is 0 Å². The second-order valence-corrected chi connectivity index (χ2v) is 1.88. The third kappa shape index (κ3) is 255. The van der Waals surface area contributed by atoms with E-state index in [4.69, 9.17) is 22.9 Å². The second-order valence-electron chi connectivity index (χ2n) is 0.853. The van der Waals surface area contributed by atoms with Crippen molar-refractivity contribution in [3.8, 4) is 0 Å². The van der Waals surface area contributed by atoms with Gasteiger partial charge >= 0.3 is 16.4 Å². The number of carbonyl (C=O) groups is 1. The maximum Gasteiger partial charge on any atom is 0.402 e. The highest BCUT2D eigenvalue weighted by molar-refractivity contribution is 7.83. The Morgan fingerprint density at radius 1 is 1.44 bits per heavy atom. The van der Waals surface area contributed by atoms with Gasteiger partial charge in [0.1, 0.15) is 0 Å². The van der Waals surface area contributed by atoms with E-state index in [-0.39, 0.29) is 0 Å². The molecular weight excluding hydrogens is 152 g/mol. The standard InChI is InChI=1S/CH3NO2.H3NO3S/c2-1(3)4;1-5(2,3)4/h2H2,(H,3,4);(H3,1,2,3,4). The molecule has 0 aromatic rings. The molecule has 1 amide bonds. The predicted molar refractivity (Wildman–Crippen MR) is 27.9 cm³/mol. The molecule has 0 aliphatic carbocycles. The fourth-order valence-electron chi connectivity index (χ4n) is 0. The Labute approximate surface area is 51.1 Å². The molecule has 0 saturated heterocycles. The normalized spacial score (nSPS) is 9.11. The zero-order valence-electron chi connectivity index (χ0n) is 4.18. The topological polar surface area (TPSA) is 144 Å². The molecule has 6 N–H and O–H groups in total. The monoisotopic (exact) mass is 158 g/mol. The van der Waals surface area contributed by atoms with Gasteiger partial charge < -0.3 is 10.8 Å². The van der Waals surface area contributed by atoms with Crippen molar-refractivity contribution in [2.45, 2.75) is 0 Å². The first-order chi connectivity index (χ1) is 3.73. The highest BCUT2D eigenvalue weighted by atomic mass is 32.2. The van der Waals surface area contributed by atoms with E-state index in [1.54, 1.807) is 0 Å². The zero-order chi connectivity index (χ0) is 8.08. The van der Waals surface area contributed by atoms with Crippen molar-refractivity contribution in [1.29, 1.82) is 0 Å². The van der Waals surface area contributed by atoms with Crippen molar-refractivity contribution in [3.63, 3.8) is 0 Å². The van der Waals surface area contributed by atoms with Crippen LogP contribution in [0, 0.1) is 0 Å². The lowest BCUT2D eigenvalue weighted by atomic mass is 11.3. The first-order valence-electron chi connectivity index (χ1n) is 1.47. The van der Waals surface area contributed by atoms with Gasteiger partial charge in [0.25, 0.3) is 0 Å². The fraction of sp³-hybridized carbons (Fsp3) is 0. The molecule has 0 aromatic heterocycles. The fourth-order valence-corrected chi connectivity index (χ4v) is 0. The van der Waals surface area contributed by atoms with Crippen molar-refractivity contribution in [2.24, 2.45) is 10.9 Å². The summed E-state index contributed by atoms with van der Waals surface area (Å²) in [6.45, 7) is 0. The van der Waals surface area contributed by atoms with Crippen LogP contribution in [0.15, 0.2) is 0 Å². The quantitative estimate of drug-likeness (QED) is 0.313. The molecule has 0 fully saturated rings. The van der Waals surface area contributed by atoms with Crippen LogP contribution >= 0.6 is 0 Å². The number of rotatable bonds is 0. The average Bonchev–Trinajstić information content (AvgIpc) is 1.19. The molecule has 9 heavy (non-hydrogen) atoms. The largest absolute Gasteiger partial charge is 0.465 e. The van der Waals surface area contributed by atoms with Gasteiger partial charge in [0.15, 0.2) is 0 Å². The van der Waals surface area contributed by atoms with Gasteiger partial charge in [0, 0.05) is 0 Å². The maximum atomic E-state index is 8.97. The molecule has 8 heteroatoms. The van der Waals surface area contributed by atoms with E-state index in [1.807, 2.05) is 0 Å². The van der Waals surface area contributed by atoms with Crippen molar-refractivity contribution < 1.29 is 22.9 Å². The van der Waals surface area contributed by atoms with Crippen molar-refractivity contribution in [1.82, 2.24) is 0 Å². The van der Waals surface area contributed by atoms with Gasteiger partial charge in [-0.15, -0.1) is 0 Å². The van der Waals surface area contributed by atoms with Crippen LogP contribution in [0.2, 0.25) is 0 Å². The Balaban J connectivity index is 0. The lowest BCUT2D eigenvalue weighted by molar-refractivity contribution is 0.205. The molecule has 0 aliphatic rings. The maximum absolute atomic E-state index is 8.97. The van der Waals surface area contributed by atoms with Crippen LogP contribution in [0.1, 0.15) is 0 Å². The van der Waals surface area contributed by atoms with E-state index in [1.165, 1.54) is 0 Å². The lowest BCUT2D eigenvalue weighted by Crippen LogP contribution is -2.08. The van der Waals surface area contributed by atoms with E-state index in [0.717, 1.165) is 0 Å². The summed E-state index contributed by atoms with van der Waals surface area (Å²) in [7, 11) is -4.17. The summed E-state index contributed by atoms with van der Waals surface area (Å²) in [4.78, 5) is 8.78. The molecule has 0 saturated carbocycles. The number of hydrogen-bond acceptors (Lipinski definition) is 3. The van der Waals surface area contributed by atoms with Crippen LogP contribution in [-0.2, 0) is 10.3 Å². The van der Waals surface area contributed by atoms with Gasteiger partial charge in [-0.2, -0.15) is 8.42 Å². The first kappa shape index (κ1) is 11.0. The van der Waals surface area contributed by atoms with Crippen LogP contribution in [-0.4, -0.2) is 24.2 Å². The van der Waals surface area contributed by atoms with Crippen LogP contribution in [0.4, 0.5) is 4.79 Å². The number of primary amides is 1. The molecule has 0 aromatic carbocycles. The lowest BCUT2D eigenvalue weighted by Gasteiger charge is -1.70. The summed E-state index contributed by atoms with van der Waals surface area (Å²) in [5, 5.41) is 11.1. The molecule has 0 rings (SSSR count). The van der Waals surface area contributed by atoms with Gasteiger partial charge in [-0.05, 0) is 0 Å². The van der Waals surface area contributed by atoms with Gasteiger partial charge in [0.05, 0.1) is 0 Å². The molecule has 0 atom stereocenters. The third-order valence-corrected chi connectivity index (χ3v) is 0. The predicted octanol–water partition coefficient (Wildman–Crippen LogP) is -1.63. The number of carboxylic acid groups (broad SMARTS) is 1. The Kier molecular flexibility index (Phi) is 4.97. The van der Waals surface area contributed by atoms with Crippen LogP contribution in [0.25, 0.3) is 0 Å². The van der Waals surface area contributed by atoms with Crippen molar-refractivity contribution in [3.05, 3.63) is 0 Å². The van der Waals surface area contributed by atoms with Crippen LogP contribution in [0.3, 0.4) is 0 Å².